The Bertz CT molecular complexity index is 1300. The molecule has 0 aliphatic rings. The van der Waals surface area contributed by atoms with Crippen molar-refractivity contribution in [1.82, 2.24) is 15.5 Å². The van der Waals surface area contributed by atoms with Gasteiger partial charge in [0.2, 0.25) is 11.8 Å². The Morgan fingerprint density at radius 2 is 1.71 bits per heavy atom. The molecule has 0 spiro atoms. The number of aryl methyl sites for hydroxylation is 1. The van der Waals surface area contributed by atoms with E-state index in [1.807, 2.05) is 43.3 Å². The van der Waals surface area contributed by atoms with Gasteiger partial charge in [-0.05, 0) is 55.5 Å². The topological polar surface area (TPSA) is 116 Å². The fraction of sp³-hybridized carbons (Fsp3) is 0.154. The number of hydrogen-bond donors (Lipinski definition) is 2. The number of rotatable bonds is 9. The van der Waals surface area contributed by atoms with Crippen molar-refractivity contribution in [3.05, 3.63) is 89.8 Å². The summed E-state index contributed by atoms with van der Waals surface area (Å²) in [5.41, 5.74) is 2.85. The molecule has 0 bridgehead atoms. The molecule has 0 atom stereocenters. The van der Waals surface area contributed by atoms with E-state index >= 15 is 0 Å². The van der Waals surface area contributed by atoms with Crippen LogP contribution in [0.15, 0.2) is 77.2 Å². The lowest BCUT2D eigenvalue weighted by molar-refractivity contribution is -0.115. The molecule has 3 aromatic carbocycles. The summed E-state index contributed by atoms with van der Waals surface area (Å²) in [5.74, 6) is 1.26. The first kappa shape index (κ1) is 23.5. The lowest BCUT2D eigenvalue weighted by Gasteiger charge is -2.09. The second kappa shape index (κ2) is 11.0. The highest BCUT2D eigenvalue weighted by Crippen LogP contribution is 2.22. The molecule has 0 fully saturated rings. The number of nitrogens with one attached hydrogen (secondary N) is 2. The average molecular weight is 473 g/mol. The largest absolute Gasteiger partial charge is 0.497 e. The van der Waals surface area contributed by atoms with E-state index in [4.69, 9.17) is 13.9 Å². The van der Waals surface area contributed by atoms with Crippen molar-refractivity contribution in [2.45, 2.75) is 13.5 Å². The Morgan fingerprint density at radius 3 is 2.46 bits per heavy atom. The number of carbonyl (C=O) groups excluding carboxylic acids is 2. The monoisotopic (exact) mass is 472 g/mol. The van der Waals surface area contributed by atoms with Crippen molar-refractivity contribution in [2.24, 2.45) is 0 Å². The molecule has 0 unspecified atom stereocenters. The minimum Gasteiger partial charge on any atom is -0.497 e. The van der Waals surface area contributed by atoms with E-state index in [1.54, 1.807) is 43.5 Å². The van der Waals surface area contributed by atoms with Gasteiger partial charge in [0.15, 0.2) is 6.61 Å². The number of carbonyl (C=O) groups is 2. The molecule has 2 amide bonds. The molecule has 1 heterocycles. The molecule has 1 aromatic heterocycles. The number of nitrogens with zero attached hydrogens (tertiary/aromatic N) is 2. The highest BCUT2D eigenvalue weighted by molar-refractivity contribution is 5.99. The number of methoxy groups -OCH3 is 1. The Morgan fingerprint density at radius 1 is 0.943 bits per heavy atom. The predicted molar refractivity (Wildman–Crippen MR) is 129 cm³/mol. The molecule has 2 N–H and O–H groups in total. The zero-order valence-electron chi connectivity index (χ0n) is 19.3. The second-order valence-corrected chi connectivity index (χ2v) is 7.64. The predicted octanol–water partition coefficient (Wildman–Crippen LogP) is 4.00. The van der Waals surface area contributed by atoms with Gasteiger partial charge in [0.1, 0.15) is 11.5 Å². The molecule has 9 nitrogen and oxygen atoms in total. The number of anilines is 1. The van der Waals surface area contributed by atoms with Crippen LogP contribution in [-0.2, 0) is 11.4 Å². The van der Waals surface area contributed by atoms with Crippen molar-refractivity contribution in [3.8, 4) is 23.0 Å². The van der Waals surface area contributed by atoms with Crippen LogP contribution in [0, 0.1) is 6.92 Å². The number of ether oxygens (including phenoxy) is 2. The number of aromatic nitrogens is 2. The van der Waals surface area contributed by atoms with Gasteiger partial charge in [-0.2, -0.15) is 0 Å². The molecule has 0 aliphatic heterocycles. The van der Waals surface area contributed by atoms with Gasteiger partial charge in [0.25, 0.3) is 11.8 Å². The van der Waals surface area contributed by atoms with Gasteiger partial charge in [0, 0.05) is 22.9 Å². The van der Waals surface area contributed by atoms with Gasteiger partial charge < -0.3 is 24.5 Å². The summed E-state index contributed by atoms with van der Waals surface area (Å²) in [6, 6.07) is 21.3. The molecule has 0 saturated carbocycles. The molecule has 35 heavy (non-hydrogen) atoms. The minimum absolute atomic E-state index is 0.0627. The number of benzene rings is 3. The van der Waals surface area contributed by atoms with Gasteiger partial charge >= 0.3 is 0 Å². The molecule has 9 heteroatoms. The van der Waals surface area contributed by atoms with E-state index in [0.29, 0.717) is 28.8 Å². The van der Waals surface area contributed by atoms with E-state index in [0.717, 1.165) is 16.9 Å². The van der Waals surface area contributed by atoms with Crippen molar-refractivity contribution < 1.29 is 23.5 Å². The highest BCUT2D eigenvalue weighted by Gasteiger charge is 2.11. The van der Waals surface area contributed by atoms with Gasteiger partial charge in [-0.1, -0.05) is 23.8 Å². The van der Waals surface area contributed by atoms with Crippen LogP contribution in [0.5, 0.6) is 11.5 Å². The van der Waals surface area contributed by atoms with Crippen LogP contribution in [0.25, 0.3) is 11.5 Å². The van der Waals surface area contributed by atoms with Crippen LogP contribution >= 0.6 is 0 Å². The van der Waals surface area contributed by atoms with Crippen LogP contribution < -0.4 is 20.1 Å². The third-order valence-electron chi connectivity index (χ3n) is 5.01. The molecule has 0 saturated heterocycles. The number of hydrogen-bond acceptors (Lipinski definition) is 7. The normalized spacial score (nSPS) is 10.5. The van der Waals surface area contributed by atoms with Crippen LogP contribution in [0.1, 0.15) is 21.8 Å². The Hall–Kier alpha value is -4.66. The van der Waals surface area contributed by atoms with E-state index in [-0.39, 0.29) is 25.0 Å². The third-order valence-corrected chi connectivity index (χ3v) is 5.01. The lowest BCUT2D eigenvalue weighted by Crippen LogP contribution is -2.32. The minimum atomic E-state index is -0.358. The van der Waals surface area contributed by atoms with Gasteiger partial charge in [0.05, 0.1) is 13.7 Å². The smallest absolute Gasteiger partial charge is 0.254 e. The first-order valence-electron chi connectivity index (χ1n) is 10.8. The molecule has 178 valence electrons. The molecule has 0 aliphatic carbocycles. The van der Waals surface area contributed by atoms with E-state index in [9.17, 15) is 9.59 Å². The molecular formula is C26H24N4O5. The molecule has 4 aromatic rings. The number of amides is 2. The molecule has 4 rings (SSSR count). The Kier molecular flexibility index (Phi) is 7.37. The van der Waals surface area contributed by atoms with Gasteiger partial charge in [-0.15, -0.1) is 10.2 Å². The summed E-state index contributed by atoms with van der Waals surface area (Å²) in [5, 5.41) is 13.4. The molecule has 0 radical (unpaired) electrons. The van der Waals surface area contributed by atoms with Crippen molar-refractivity contribution in [2.75, 3.05) is 19.0 Å². The van der Waals surface area contributed by atoms with Gasteiger partial charge in [-0.25, -0.2) is 0 Å². The fourth-order valence-corrected chi connectivity index (χ4v) is 3.14. The Labute approximate surface area is 202 Å². The highest BCUT2D eigenvalue weighted by atomic mass is 16.5. The maximum Gasteiger partial charge on any atom is 0.254 e. The zero-order chi connectivity index (χ0) is 24.6. The second-order valence-electron chi connectivity index (χ2n) is 7.64. The van der Waals surface area contributed by atoms with Crippen LogP contribution in [0.2, 0.25) is 0 Å². The summed E-state index contributed by atoms with van der Waals surface area (Å²) in [4.78, 5) is 24.4. The summed E-state index contributed by atoms with van der Waals surface area (Å²) < 4.78 is 16.5. The molecular weight excluding hydrogens is 448 g/mol. The summed E-state index contributed by atoms with van der Waals surface area (Å²) >= 11 is 0. The van der Waals surface area contributed by atoms with Crippen molar-refractivity contribution in [1.29, 1.82) is 0 Å². The first-order valence-corrected chi connectivity index (χ1v) is 10.8. The van der Waals surface area contributed by atoms with Gasteiger partial charge in [-0.3, -0.25) is 9.59 Å². The maximum absolute atomic E-state index is 12.3. The third kappa shape index (κ3) is 6.44. The van der Waals surface area contributed by atoms with Crippen LogP contribution in [0.3, 0.4) is 0 Å². The van der Waals surface area contributed by atoms with Crippen LogP contribution in [-0.4, -0.2) is 35.7 Å². The van der Waals surface area contributed by atoms with Crippen LogP contribution in [0.4, 0.5) is 5.69 Å². The average Bonchev–Trinajstić information content (AvgIpc) is 3.36. The van der Waals surface area contributed by atoms with E-state index in [1.165, 1.54) is 0 Å². The van der Waals surface area contributed by atoms with E-state index in [2.05, 4.69) is 20.8 Å². The van der Waals surface area contributed by atoms with Crippen molar-refractivity contribution >= 4 is 17.5 Å². The maximum atomic E-state index is 12.3. The summed E-state index contributed by atoms with van der Waals surface area (Å²) in [7, 11) is 1.60. The first-order chi connectivity index (χ1) is 17.0. The standard InChI is InChI=1S/C26H24N4O5/c1-17-6-8-18(9-7-17)25(32)27-15-23(31)28-20-4-3-5-22(14-20)34-16-24-29-30-26(35-24)19-10-12-21(33-2)13-11-19/h3-14H,15-16H2,1-2H3,(H,27,32)(H,28,31). The summed E-state index contributed by atoms with van der Waals surface area (Å²) in [6.45, 7) is 1.84. The van der Waals surface area contributed by atoms with Crippen molar-refractivity contribution in [3.63, 3.8) is 0 Å². The fourth-order valence-electron chi connectivity index (χ4n) is 3.14. The quantitative estimate of drug-likeness (QED) is 0.378. The lowest BCUT2D eigenvalue weighted by atomic mass is 10.1. The Balaban J connectivity index is 1.28. The summed E-state index contributed by atoms with van der Waals surface area (Å²) in [6.07, 6.45) is 0. The SMILES string of the molecule is COc1ccc(-c2nnc(COc3cccc(NC(=O)CNC(=O)c4ccc(C)cc4)c3)o2)cc1. The zero-order valence-corrected chi connectivity index (χ0v) is 19.3. The van der Waals surface area contributed by atoms with E-state index < -0.39 is 0 Å².